The lowest BCUT2D eigenvalue weighted by atomic mass is 9.93. The molecular weight excluding hydrogens is 518 g/mol. The number of alkyl carbamates (subject to hydrolysis) is 1. The summed E-state index contributed by atoms with van der Waals surface area (Å²) < 4.78 is 5.43. The summed E-state index contributed by atoms with van der Waals surface area (Å²) in [5.74, 6) is -0.841. The van der Waals surface area contributed by atoms with E-state index in [-0.39, 0.29) is 11.7 Å². The number of rotatable bonds is 8. The second kappa shape index (κ2) is 12.7. The lowest BCUT2D eigenvalue weighted by molar-refractivity contribution is -0.147. The van der Waals surface area contributed by atoms with Gasteiger partial charge in [-0.15, -0.1) is 0 Å². The number of hydrogen-bond donors (Lipinski definition) is 3. The number of phenols is 1. The molecule has 0 heterocycles. The Kier molecular flexibility index (Phi) is 10.4. The molecule has 2 atom stereocenters. The maximum Gasteiger partial charge on any atom is 0.408 e. The Morgan fingerprint density at radius 2 is 1.59 bits per heavy atom. The Morgan fingerprint density at radius 3 is 2.08 bits per heavy atom. The zero-order valence-corrected chi connectivity index (χ0v) is 25.1. The Balaban J connectivity index is 2.62. The van der Waals surface area contributed by atoms with Gasteiger partial charge in [0.25, 0.3) is 5.91 Å². The summed E-state index contributed by atoms with van der Waals surface area (Å²) in [6, 6.07) is 9.36. The van der Waals surface area contributed by atoms with Crippen molar-refractivity contribution < 1.29 is 24.2 Å². The van der Waals surface area contributed by atoms with Crippen LogP contribution < -0.4 is 10.6 Å². The molecule has 2 unspecified atom stereocenters. The van der Waals surface area contributed by atoms with Crippen LogP contribution in [-0.2, 0) is 14.3 Å². The molecule has 0 fully saturated rings. The van der Waals surface area contributed by atoms with E-state index in [4.69, 9.17) is 16.3 Å². The number of ether oxygens (including phenoxy) is 1. The van der Waals surface area contributed by atoms with Crippen molar-refractivity contribution in [2.75, 3.05) is 5.32 Å². The van der Waals surface area contributed by atoms with Gasteiger partial charge in [-0.3, -0.25) is 9.59 Å². The molecule has 0 aliphatic heterocycles. The number of hydrogen-bond acceptors (Lipinski definition) is 5. The molecule has 0 radical (unpaired) electrons. The van der Waals surface area contributed by atoms with Gasteiger partial charge in [-0.2, -0.15) is 0 Å². The van der Waals surface area contributed by atoms with Gasteiger partial charge in [0, 0.05) is 5.54 Å². The van der Waals surface area contributed by atoms with E-state index in [1.54, 1.807) is 45.0 Å². The van der Waals surface area contributed by atoms with Crippen LogP contribution in [0.1, 0.15) is 79.0 Å². The number of anilines is 1. The highest BCUT2D eigenvalue weighted by atomic mass is 35.5. The minimum atomic E-state index is -1.11. The van der Waals surface area contributed by atoms with E-state index in [1.165, 1.54) is 17.0 Å². The van der Waals surface area contributed by atoms with Crippen LogP contribution in [0.5, 0.6) is 5.75 Å². The van der Waals surface area contributed by atoms with E-state index in [1.807, 2.05) is 47.6 Å². The largest absolute Gasteiger partial charge is 0.508 e. The number of nitrogens with zero attached hydrogens (tertiary/aromatic N) is 1. The fourth-order valence-electron chi connectivity index (χ4n) is 4.21. The zero-order valence-electron chi connectivity index (χ0n) is 24.4. The third-order valence-electron chi connectivity index (χ3n) is 5.84. The molecule has 3 amide bonds. The Hall–Kier alpha value is -3.26. The molecule has 0 saturated carbocycles. The van der Waals surface area contributed by atoms with Crippen molar-refractivity contribution in [3.63, 3.8) is 0 Å². The number of halogens is 1. The molecule has 0 aliphatic carbocycles. The third-order valence-corrected chi connectivity index (χ3v) is 6.16. The Morgan fingerprint density at radius 1 is 1.00 bits per heavy atom. The average molecular weight is 560 g/mol. The standard InChI is InChI=1S/C30H42ClN3O5/c1-18(2)17-23(32-28(38)39-30(7,8)9)27(37)34(29(4,5)6)25(20-13-15-21(35)16-14-20)26(36)33-24-19(3)11-10-12-22(24)31/h10-16,18,23,25,35H,17H2,1-9H3,(H,32,38)(H,33,36). The molecule has 39 heavy (non-hydrogen) atoms. The predicted octanol–water partition coefficient (Wildman–Crippen LogP) is 6.60. The van der Waals surface area contributed by atoms with Gasteiger partial charge < -0.3 is 25.4 Å². The number of aromatic hydroxyl groups is 1. The summed E-state index contributed by atoms with van der Waals surface area (Å²) in [7, 11) is 0. The molecule has 0 saturated heterocycles. The average Bonchev–Trinajstić information content (AvgIpc) is 2.77. The number of amides is 3. The van der Waals surface area contributed by atoms with Crippen LogP contribution in [0.3, 0.4) is 0 Å². The van der Waals surface area contributed by atoms with Crippen LogP contribution >= 0.6 is 11.6 Å². The first-order chi connectivity index (χ1) is 17.9. The van der Waals surface area contributed by atoms with Gasteiger partial charge in [0.1, 0.15) is 23.4 Å². The number of benzene rings is 2. The van der Waals surface area contributed by atoms with Crippen LogP contribution in [-0.4, -0.2) is 45.1 Å². The minimum absolute atomic E-state index is 0.0257. The van der Waals surface area contributed by atoms with Gasteiger partial charge in [0.15, 0.2) is 0 Å². The monoisotopic (exact) mass is 559 g/mol. The number of phenolic OH excluding ortho intramolecular Hbond substituents is 1. The number of aryl methyl sites for hydroxylation is 1. The fourth-order valence-corrected chi connectivity index (χ4v) is 4.48. The van der Waals surface area contributed by atoms with Crippen LogP contribution in [0, 0.1) is 12.8 Å². The first kappa shape index (κ1) is 32.0. The Bertz CT molecular complexity index is 1150. The molecule has 2 aromatic rings. The molecule has 214 valence electrons. The van der Waals surface area contributed by atoms with Crippen molar-refractivity contribution in [1.82, 2.24) is 10.2 Å². The molecule has 9 heteroatoms. The second-order valence-electron chi connectivity index (χ2n) is 12.1. The number of carbonyl (C=O) groups excluding carboxylic acids is 3. The summed E-state index contributed by atoms with van der Waals surface area (Å²) in [6.45, 7) is 16.4. The molecule has 2 rings (SSSR count). The highest BCUT2D eigenvalue weighted by molar-refractivity contribution is 6.34. The molecule has 3 N–H and O–H groups in total. The van der Waals surface area contributed by atoms with Gasteiger partial charge in [-0.1, -0.05) is 49.7 Å². The minimum Gasteiger partial charge on any atom is -0.508 e. The van der Waals surface area contributed by atoms with Crippen LogP contribution in [0.25, 0.3) is 0 Å². The summed E-state index contributed by atoms with van der Waals surface area (Å²) >= 11 is 6.41. The van der Waals surface area contributed by atoms with E-state index in [0.29, 0.717) is 22.7 Å². The number of carbonyl (C=O) groups is 3. The summed E-state index contributed by atoms with van der Waals surface area (Å²) in [4.78, 5) is 42.5. The number of para-hydroxylation sites is 1. The predicted molar refractivity (Wildman–Crippen MR) is 155 cm³/mol. The molecular formula is C30H42ClN3O5. The van der Waals surface area contributed by atoms with E-state index in [2.05, 4.69) is 10.6 Å². The van der Waals surface area contributed by atoms with Crippen molar-refractivity contribution in [1.29, 1.82) is 0 Å². The highest BCUT2D eigenvalue weighted by Gasteiger charge is 2.42. The molecule has 0 aliphatic rings. The van der Waals surface area contributed by atoms with Crippen LogP contribution in [0.4, 0.5) is 10.5 Å². The fraction of sp³-hybridized carbons (Fsp3) is 0.500. The van der Waals surface area contributed by atoms with Gasteiger partial charge in [-0.05, 0) is 90.1 Å². The molecule has 2 aromatic carbocycles. The van der Waals surface area contributed by atoms with Crippen LogP contribution in [0.2, 0.25) is 5.02 Å². The number of nitrogens with one attached hydrogen (secondary N) is 2. The van der Waals surface area contributed by atoms with Crippen molar-refractivity contribution in [2.24, 2.45) is 5.92 Å². The van der Waals surface area contributed by atoms with Crippen molar-refractivity contribution in [3.8, 4) is 5.75 Å². The Labute approximate surface area is 237 Å². The van der Waals surface area contributed by atoms with E-state index < -0.39 is 41.1 Å². The molecule has 0 bridgehead atoms. The normalized spacial score (nSPS) is 13.4. The summed E-state index contributed by atoms with van der Waals surface area (Å²) in [6.07, 6.45) is -0.384. The van der Waals surface area contributed by atoms with Gasteiger partial charge in [0.05, 0.1) is 10.7 Å². The lowest BCUT2D eigenvalue weighted by Crippen LogP contribution is -2.58. The highest BCUT2D eigenvalue weighted by Crippen LogP contribution is 2.34. The van der Waals surface area contributed by atoms with E-state index >= 15 is 0 Å². The molecule has 8 nitrogen and oxygen atoms in total. The zero-order chi connectivity index (χ0) is 29.7. The first-order valence-electron chi connectivity index (χ1n) is 13.1. The van der Waals surface area contributed by atoms with Gasteiger partial charge in [0.2, 0.25) is 5.91 Å². The summed E-state index contributed by atoms with van der Waals surface area (Å²) in [5, 5.41) is 15.9. The second-order valence-corrected chi connectivity index (χ2v) is 12.5. The van der Waals surface area contributed by atoms with Gasteiger partial charge >= 0.3 is 6.09 Å². The van der Waals surface area contributed by atoms with Crippen molar-refractivity contribution >= 4 is 35.2 Å². The smallest absolute Gasteiger partial charge is 0.408 e. The third kappa shape index (κ3) is 9.17. The van der Waals surface area contributed by atoms with Gasteiger partial charge in [-0.25, -0.2) is 4.79 Å². The lowest BCUT2D eigenvalue weighted by Gasteiger charge is -2.43. The van der Waals surface area contributed by atoms with Crippen molar-refractivity contribution in [2.45, 2.75) is 92.0 Å². The van der Waals surface area contributed by atoms with Crippen molar-refractivity contribution in [3.05, 3.63) is 58.6 Å². The van der Waals surface area contributed by atoms with E-state index in [9.17, 15) is 19.5 Å². The maximum atomic E-state index is 14.3. The quantitative estimate of drug-likeness (QED) is 0.337. The van der Waals surface area contributed by atoms with E-state index in [0.717, 1.165) is 5.56 Å². The topological polar surface area (TPSA) is 108 Å². The summed E-state index contributed by atoms with van der Waals surface area (Å²) in [5.41, 5.74) is 0.0922. The first-order valence-corrected chi connectivity index (χ1v) is 13.5. The molecule has 0 spiro atoms. The maximum absolute atomic E-state index is 14.3. The van der Waals surface area contributed by atoms with Crippen LogP contribution in [0.15, 0.2) is 42.5 Å². The molecule has 0 aromatic heterocycles. The SMILES string of the molecule is Cc1cccc(Cl)c1NC(=O)C(c1ccc(O)cc1)N(C(=O)C(CC(C)C)NC(=O)OC(C)(C)C)C(C)(C)C.